The van der Waals surface area contributed by atoms with Gasteiger partial charge in [0.05, 0.1) is 19.9 Å². The number of benzene rings is 3. The maximum Gasteiger partial charge on any atom is 0.319 e. The largest absolute Gasteiger partial charge is 0.493 e. The zero-order valence-electron chi connectivity index (χ0n) is 19.1. The van der Waals surface area contributed by atoms with Crippen LogP contribution in [0, 0.1) is 0 Å². The molecule has 0 fully saturated rings. The Morgan fingerprint density at radius 1 is 0.882 bits per heavy atom. The van der Waals surface area contributed by atoms with Gasteiger partial charge in [0.15, 0.2) is 11.5 Å². The molecule has 0 saturated heterocycles. The van der Waals surface area contributed by atoms with E-state index in [1.807, 2.05) is 66.7 Å². The molecule has 178 valence electrons. The van der Waals surface area contributed by atoms with Gasteiger partial charge in [-0.25, -0.2) is 4.79 Å². The molecule has 3 aromatic rings. The van der Waals surface area contributed by atoms with Gasteiger partial charge in [-0.1, -0.05) is 48.5 Å². The molecule has 0 aliphatic carbocycles. The van der Waals surface area contributed by atoms with E-state index in [-0.39, 0.29) is 5.91 Å². The second kappa shape index (κ2) is 12.6. The molecule has 3 aromatic carbocycles. The summed E-state index contributed by atoms with van der Waals surface area (Å²) in [6, 6.07) is 21.3. The summed E-state index contributed by atoms with van der Waals surface area (Å²) in [6.07, 6.45) is 0.972. The molecule has 0 aromatic heterocycles. The fraction of sp³-hybridized carbons (Fsp3) is 0.231. The van der Waals surface area contributed by atoms with Gasteiger partial charge in [0, 0.05) is 17.4 Å². The number of hydrogen-bond donors (Lipinski definition) is 3. The minimum absolute atomic E-state index is 0.258. The Kier molecular flexibility index (Phi) is 9.34. The Morgan fingerprint density at radius 3 is 2.29 bits per heavy atom. The molecule has 3 rings (SSSR count). The summed E-state index contributed by atoms with van der Waals surface area (Å²) in [5.41, 5.74) is 2.56. The molecular formula is C26H28BrN3O4. The van der Waals surface area contributed by atoms with Gasteiger partial charge in [-0.2, -0.15) is 0 Å². The zero-order chi connectivity index (χ0) is 24.3. The number of carbonyl (C=O) groups excluding carboxylic acids is 2. The number of ether oxygens (including phenoxy) is 2. The molecule has 8 heteroatoms. The van der Waals surface area contributed by atoms with Crippen molar-refractivity contribution in [2.45, 2.75) is 18.9 Å². The first-order chi connectivity index (χ1) is 16.5. The molecule has 0 radical (unpaired) electrons. The monoisotopic (exact) mass is 525 g/mol. The lowest BCUT2D eigenvalue weighted by molar-refractivity contribution is -0.122. The fourth-order valence-corrected chi connectivity index (χ4v) is 3.81. The van der Waals surface area contributed by atoms with E-state index in [1.165, 1.54) is 0 Å². The SMILES string of the molecule is COc1ccc(CCNC(=O)C(Cc2ccccc2)NC(=O)Nc2ccccc2Br)cc1OC. The molecule has 0 aliphatic heterocycles. The Bertz CT molecular complexity index is 1110. The normalized spacial score (nSPS) is 11.3. The second-order valence-corrected chi connectivity index (χ2v) is 8.41. The number of anilines is 1. The predicted molar refractivity (Wildman–Crippen MR) is 136 cm³/mol. The smallest absolute Gasteiger partial charge is 0.319 e. The summed E-state index contributed by atoms with van der Waals surface area (Å²) >= 11 is 3.41. The van der Waals surface area contributed by atoms with Gasteiger partial charge >= 0.3 is 6.03 Å². The van der Waals surface area contributed by atoms with Crippen molar-refractivity contribution in [2.75, 3.05) is 26.1 Å². The van der Waals surface area contributed by atoms with Crippen molar-refractivity contribution in [2.24, 2.45) is 0 Å². The van der Waals surface area contributed by atoms with Crippen LogP contribution in [0.5, 0.6) is 11.5 Å². The molecule has 7 nitrogen and oxygen atoms in total. The first kappa shape index (κ1) is 25.1. The van der Waals surface area contributed by atoms with Crippen LogP contribution in [0.2, 0.25) is 0 Å². The van der Waals surface area contributed by atoms with Gasteiger partial charge in [0.2, 0.25) is 5.91 Å². The number of hydrogen-bond acceptors (Lipinski definition) is 4. The average Bonchev–Trinajstić information content (AvgIpc) is 2.85. The number of urea groups is 1. The highest BCUT2D eigenvalue weighted by Gasteiger charge is 2.21. The fourth-order valence-electron chi connectivity index (χ4n) is 3.43. The zero-order valence-corrected chi connectivity index (χ0v) is 20.7. The highest BCUT2D eigenvalue weighted by Crippen LogP contribution is 2.27. The number of para-hydroxylation sites is 1. The van der Waals surface area contributed by atoms with Crippen molar-refractivity contribution in [1.82, 2.24) is 10.6 Å². The van der Waals surface area contributed by atoms with Gasteiger partial charge in [0.25, 0.3) is 0 Å². The molecular weight excluding hydrogens is 498 g/mol. The predicted octanol–water partition coefficient (Wildman–Crippen LogP) is 4.56. The Morgan fingerprint density at radius 2 is 1.59 bits per heavy atom. The molecule has 0 aliphatic rings. The number of nitrogens with one attached hydrogen (secondary N) is 3. The quantitative estimate of drug-likeness (QED) is 0.362. The van der Waals surface area contributed by atoms with Crippen LogP contribution in [0.15, 0.2) is 77.3 Å². The summed E-state index contributed by atoms with van der Waals surface area (Å²) in [6.45, 7) is 0.410. The van der Waals surface area contributed by atoms with Crippen molar-refractivity contribution in [3.05, 3.63) is 88.4 Å². The molecule has 0 spiro atoms. The van der Waals surface area contributed by atoms with Gasteiger partial charge in [-0.05, 0) is 57.7 Å². The topological polar surface area (TPSA) is 88.7 Å². The van der Waals surface area contributed by atoms with E-state index in [1.54, 1.807) is 20.3 Å². The minimum atomic E-state index is -0.740. The molecule has 3 N–H and O–H groups in total. The summed E-state index contributed by atoms with van der Waals surface area (Å²) in [7, 11) is 3.17. The van der Waals surface area contributed by atoms with E-state index in [2.05, 4.69) is 31.9 Å². The third-order valence-corrected chi connectivity index (χ3v) is 5.88. The van der Waals surface area contributed by atoms with Gasteiger partial charge in [0.1, 0.15) is 6.04 Å². The lowest BCUT2D eigenvalue weighted by Crippen LogP contribution is -2.49. The molecule has 3 amide bonds. The number of carbonyl (C=O) groups is 2. The molecule has 1 atom stereocenters. The summed E-state index contributed by atoms with van der Waals surface area (Å²) in [5, 5.41) is 8.52. The lowest BCUT2D eigenvalue weighted by Gasteiger charge is -2.19. The summed E-state index contributed by atoms with van der Waals surface area (Å²) < 4.78 is 11.4. The second-order valence-electron chi connectivity index (χ2n) is 7.55. The molecule has 0 bridgehead atoms. The van der Waals surface area contributed by atoms with Gasteiger partial charge in [-0.3, -0.25) is 4.79 Å². The van der Waals surface area contributed by atoms with Gasteiger partial charge in [-0.15, -0.1) is 0 Å². The van der Waals surface area contributed by atoms with Crippen molar-refractivity contribution in [3.8, 4) is 11.5 Å². The van der Waals surface area contributed by atoms with Crippen LogP contribution < -0.4 is 25.4 Å². The highest BCUT2D eigenvalue weighted by molar-refractivity contribution is 9.10. The Hall–Kier alpha value is -3.52. The van der Waals surface area contributed by atoms with Crippen molar-refractivity contribution in [3.63, 3.8) is 0 Å². The minimum Gasteiger partial charge on any atom is -0.493 e. The van der Waals surface area contributed by atoms with Crippen LogP contribution >= 0.6 is 15.9 Å². The Labute approximate surface area is 208 Å². The molecule has 0 saturated carbocycles. The summed E-state index contributed by atoms with van der Waals surface area (Å²) in [5.74, 6) is 1.03. The van der Waals surface area contributed by atoms with Gasteiger partial charge < -0.3 is 25.4 Å². The number of amides is 3. The lowest BCUT2D eigenvalue weighted by atomic mass is 10.1. The van der Waals surface area contributed by atoms with Crippen LogP contribution in [0.1, 0.15) is 11.1 Å². The number of rotatable bonds is 10. The molecule has 34 heavy (non-hydrogen) atoms. The van der Waals surface area contributed by atoms with E-state index in [4.69, 9.17) is 9.47 Å². The maximum atomic E-state index is 13.0. The molecule has 1 unspecified atom stereocenters. The van der Waals surface area contributed by atoms with Crippen molar-refractivity contribution < 1.29 is 19.1 Å². The summed E-state index contributed by atoms with van der Waals surface area (Å²) in [4.78, 5) is 25.7. The van der Waals surface area contributed by atoms with E-state index in [0.717, 1.165) is 15.6 Å². The maximum absolute atomic E-state index is 13.0. The third kappa shape index (κ3) is 7.25. The standard InChI is InChI=1S/C26H28BrN3O4/c1-33-23-13-12-19(17-24(23)34-2)14-15-28-25(31)22(16-18-8-4-3-5-9-18)30-26(32)29-21-11-7-6-10-20(21)27/h3-13,17,22H,14-16H2,1-2H3,(H,28,31)(H2,29,30,32). The van der Waals surface area contributed by atoms with E-state index >= 15 is 0 Å². The van der Waals surface area contributed by atoms with Crippen LogP contribution in [0.3, 0.4) is 0 Å². The van der Waals surface area contributed by atoms with E-state index < -0.39 is 12.1 Å². The number of methoxy groups -OCH3 is 2. The average molecular weight is 526 g/mol. The van der Waals surface area contributed by atoms with Crippen LogP contribution in [-0.4, -0.2) is 38.7 Å². The van der Waals surface area contributed by atoms with Crippen LogP contribution in [0.25, 0.3) is 0 Å². The first-order valence-electron chi connectivity index (χ1n) is 10.8. The third-order valence-electron chi connectivity index (χ3n) is 5.19. The number of halogens is 1. The van der Waals surface area contributed by atoms with E-state index in [0.29, 0.717) is 36.6 Å². The van der Waals surface area contributed by atoms with Crippen molar-refractivity contribution >= 4 is 33.6 Å². The molecule has 0 heterocycles. The Balaban J connectivity index is 1.63. The van der Waals surface area contributed by atoms with Crippen LogP contribution in [0.4, 0.5) is 10.5 Å². The first-order valence-corrected chi connectivity index (χ1v) is 11.6. The highest BCUT2D eigenvalue weighted by atomic mass is 79.9. The van der Waals surface area contributed by atoms with Crippen molar-refractivity contribution in [1.29, 1.82) is 0 Å². The van der Waals surface area contributed by atoms with E-state index in [9.17, 15) is 9.59 Å². The van der Waals surface area contributed by atoms with Crippen LogP contribution in [-0.2, 0) is 17.6 Å².